The van der Waals surface area contributed by atoms with Gasteiger partial charge in [0.05, 0.1) is 18.1 Å². The van der Waals surface area contributed by atoms with Crippen LogP contribution >= 0.6 is 0 Å². The van der Waals surface area contributed by atoms with Gasteiger partial charge in [-0.05, 0) is 25.2 Å². The van der Waals surface area contributed by atoms with Gasteiger partial charge in [0.2, 0.25) is 5.91 Å². The Balaban J connectivity index is 1.54. The van der Waals surface area contributed by atoms with Crippen LogP contribution in [-0.2, 0) is 9.53 Å². The maximum atomic E-state index is 11.8. The Morgan fingerprint density at radius 2 is 2.07 bits per heavy atom. The van der Waals surface area contributed by atoms with Gasteiger partial charge in [-0.2, -0.15) is 0 Å². The Bertz CT molecular complexity index is 261. The van der Waals surface area contributed by atoms with Crippen molar-refractivity contribution in [3.05, 3.63) is 0 Å². The van der Waals surface area contributed by atoms with Gasteiger partial charge in [-0.3, -0.25) is 4.79 Å². The quantitative estimate of drug-likeness (QED) is 0.683. The van der Waals surface area contributed by atoms with E-state index in [0.717, 1.165) is 32.0 Å². The zero-order chi connectivity index (χ0) is 10.3. The second-order valence-electron chi connectivity index (χ2n) is 4.93. The molecule has 0 aromatic rings. The van der Waals surface area contributed by atoms with E-state index < -0.39 is 0 Å². The fourth-order valence-corrected chi connectivity index (χ4v) is 2.43. The van der Waals surface area contributed by atoms with Crippen molar-refractivity contribution in [2.24, 2.45) is 11.8 Å². The molecule has 0 aromatic carbocycles. The van der Waals surface area contributed by atoms with E-state index >= 15 is 0 Å². The summed E-state index contributed by atoms with van der Waals surface area (Å²) in [6, 6.07) is 0.283. The van der Waals surface area contributed by atoms with Crippen molar-refractivity contribution in [3.63, 3.8) is 0 Å². The summed E-state index contributed by atoms with van der Waals surface area (Å²) in [6.45, 7) is 2.50. The third-order valence-electron chi connectivity index (χ3n) is 3.70. The Labute approximate surface area is 89.7 Å². The highest BCUT2D eigenvalue weighted by Crippen LogP contribution is 2.38. The van der Waals surface area contributed by atoms with Crippen LogP contribution in [-0.4, -0.2) is 37.7 Å². The van der Waals surface area contributed by atoms with Crippen molar-refractivity contribution < 1.29 is 9.53 Å². The Hall–Kier alpha value is -0.610. The third-order valence-corrected chi connectivity index (χ3v) is 3.70. The monoisotopic (exact) mass is 210 g/mol. The molecule has 15 heavy (non-hydrogen) atoms. The van der Waals surface area contributed by atoms with Crippen LogP contribution in [0.15, 0.2) is 0 Å². The van der Waals surface area contributed by atoms with Crippen LogP contribution in [0.5, 0.6) is 0 Å². The lowest BCUT2D eigenvalue weighted by Crippen LogP contribution is -2.54. The normalized spacial score (nSPS) is 36.3. The lowest BCUT2D eigenvalue weighted by Gasteiger charge is -2.28. The van der Waals surface area contributed by atoms with Crippen LogP contribution < -0.4 is 10.6 Å². The summed E-state index contributed by atoms with van der Waals surface area (Å²) in [5.41, 5.74) is 0. The zero-order valence-electron chi connectivity index (χ0n) is 8.87. The minimum Gasteiger partial charge on any atom is -0.376 e. The molecule has 2 atom stereocenters. The molecule has 4 heteroatoms. The Kier molecular flexibility index (Phi) is 2.41. The number of carbonyl (C=O) groups excluding carboxylic acids is 1. The second kappa shape index (κ2) is 3.76. The SMILES string of the molecule is O=C(NC1CCOC1C1CC1)C1CNC1. The lowest BCUT2D eigenvalue weighted by atomic mass is 10.00. The molecule has 1 amide bonds. The van der Waals surface area contributed by atoms with E-state index in [-0.39, 0.29) is 17.9 Å². The molecule has 1 aliphatic carbocycles. The van der Waals surface area contributed by atoms with Gasteiger partial charge in [0.1, 0.15) is 0 Å². The summed E-state index contributed by atoms with van der Waals surface area (Å²) in [6.07, 6.45) is 3.86. The molecular weight excluding hydrogens is 192 g/mol. The average Bonchev–Trinajstić information content (AvgIpc) is 2.85. The first kappa shape index (κ1) is 9.60. The maximum Gasteiger partial charge on any atom is 0.225 e. The molecule has 3 rings (SSSR count). The first-order chi connectivity index (χ1) is 7.34. The number of ether oxygens (including phenoxy) is 1. The second-order valence-corrected chi connectivity index (χ2v) is 4.93. The van der Waals surface area contributed by atoms with Gasteiger partial charge in [-0.1, -0.05) is 0 Å². The molecular formula is C11H18N2O2. The van der Waals surface area contributed by atoms with Crippen molar-refractivity contribution in [2.45, 2.75) is 31.4 Å². The molecule has 0 radical (unpaired) electrons. The number of rotatable bonds is 3. The van der Waals surface area contributed by atoms with Crippen LogP contribution in [0.3, 0.4) is 0 Å². The highest BCUT2D eigenvalue weighted by atomic mass is 16.5. The highest BCUT2D eigenvalue weighted by Gasteiger charge is 2.42. The summed E-state index contributed by atoms with van der Waals surface area (Å²) < 4.78 is 5.69. The van der Waals surface area contributed by atoms with Crippen molar-refractivity contribution in [3.8, 4) is 0 Å². The minimum atomic E-state index is 0.199. The van der Waals surface area contributed by atoms with E-state index in [4.69, 9.17) is 4.74 Å². The van der Waals surface area contributed by atoms with Gasteiger partial charge in [0.25, 0.3) is 0 Å². The largest absolute Gasteiger partial charge is 0.376 e. The number of hydrogen-bond donors (Lipinski definition) is 2. The van der Waals surface area contributed by atoms with Gasteiger partial charge in [-0.15, -0.1) is 0 Å². The average molecular weight is 210 g/mol. The van der Waals surface area contributed by atoms with Crippen molar-refractivity contribution in [2.75, 3.05) is 19.7 Å². The van der Waals surface area contributed by atoms with Crippen LogP contribution in [0, 0.1) is 11.8 Å². The molecule has 3 aliphatic rings. The Morgan fingerprint density at radius 3 is 2.67 bits per heavy atom. The minimum absolute atomic E-state index is 0.199. The lowest BCUT2D eigenvalue weighted by molar-refractivity contribution is -0.127. The van der Waals surface area contributed by atoms with Crippen LogP contribution in [0.2, 0.25) is 0 Å². The van der Waals surface area contributed by atoms with Crippen LogP contribution in [0.25, 0.3) is 0 Å². The van der Waals surface area contributed by atoms with E-state index in [1.54, 1.807) is 0 Å². The number of hydrogen-bond acceptors (Lipinski definition) is 3. The van der Waals surface area contributed by atoms with Crippen molar-refractivity contribution >= 4 is 5.91 Å². The van der Waals surface area contributed by atoms with E-state index in [9.17, 15) is 4.79 Å². The molecule has 0 bridgehead atoms. The molecule has 2 N–H and O–H groups in total. The van der Waals surface area contributed by atoms with Gasteiger partial charge in [-0.25, -0.2) is 0 Å². The summed E-state index contributed by atoms with van der Waals surface area (Å²) in [7, 11) is 0. The fourth-order valence-electron chi connectivity index (χ4n) is 2.43. The third kappa shape index (κ3) is 1.88. The molecule has 2 saturated heterocycles. The van der Waals surface area contributed by atoms with E-state index in [1.165, 1.54) is 12.8 Å². The first-order valence-electron chi connectivity index (χ1n) is 5.97. The summed E-state index contributed by atoms with van der Waals surface area (Å²) in [5, 5.41) is 6.27. The fraction of sp³-hybridized carbons (Fsp3) is 0.909. The van der Waals surface area contributed by atoms with E-state index in [0.29, 0.717) is 6.10 Å². The molecule has 2 unspecified atom stereocenters. The maximum absolute atomic E-state index is 11.8. The van der Waals surface area contributed by atoms with Crippen LogP contribution in [0.4, 0.5) is 0 Å². The molecule has 0 aromatic heterocycles. The number of carbonyl (C=O) groups is 1. The zero-order valence-corrected chi connectivity index (χ0v) is 8.87. The highest BCUT2D eigenvalue weighted by molar-refractivity contribution is 5.80. The van der Waals surface area contributed by atoms with Gasteiger partial charge in [0.15, 0.2) is 0 Å². The molecule has 2 heterocycles. The summed E-state index contributed by atoms with van der Waals surface area (Å²) in [5.74, 6) is 1.14. The number of amides is 1. The molecule has 84 valence electrons. The van der Waals surface area contributed by atoms with E-state index in [1.807, 2.05) is 0 Å². The van der Waals surface area contributed by atoms with Gasteiger partial charge in [0, 0.05) is 19.7 Å². The van der Waals surface area contributed by atoms with Crippen LogP contribution in [0.1, 0.15) is 19.3 Å². The Morgan fingerprint density at radius 1 is 1.27 bits per heavy atom. The molecule has 2 aliphatic heterocycles. The molecule has 4 nitrogen and oxygen atoms in total. The summed E-state index contributed by atoms with van der Waals surface area (Å²) >= 11 is 0. The predicted molar refractivity (Wildman–Crippen MR) is 55.4 cm³/mol. The first-order valence-corrected chi connectivity index (χ1v) is 5.97. The van der Waals surface area contributed by atoms with Gasteiger partial charge < -0.3 is 15.4 Å². The smallest absolute Gasteiger partial charge is 0.225 e. The molecule has 0 spiro atoms. The standard InChI is InChI=1S/C11H18N2O2/c14-11(8-5-12-6-8)13-9-3-4-15-10(9)7-1-2-7/h7-10,12H,1-6H2,(H,13,14). The number of nitrogens with one attached hydrogen (secondary N) is 2. The predicted octanol–water partition coefficient (Wildman–Crippen LogP) is -0.111. The van der Waals surface area contributed by atoms with Gasteiger partial charge >= 0.3 is 0 Å². The molecule has 3 fully saturated rings. The topological polar surface area (TPSA) is 50.4 Å². The van der Waals surface area contributed by atoms with E-state index in [2.05, 4.69) is 10.6 Å². The van der Waals surface area contributed by atoms with Crippen molar-refractivity contribution in [1.29, 1.82) is 0 Å². The molecule has 1 saturated carbocycles. The summed E-state index contributed by atoms with van der Waals surface area (Å²) in [4.78, 5) is 11.8. The van der Waals surface area contributed by atoms with Crippen molar-refractivity contribution in [1.82, 2.24) is 10.6 Å².